The molecule has 0 aromatic carbocycles. The summed E-state index contributed by atoms with van der Waals surface area (Å²) in [6, 6.07) is 0.431. The predicted octanol–water partition coefficient (Wildman–Crippen LogP) is 0.951. The van der Waals surface area contributed by atoms with Crippen LogP contribution >= 0.6 is 24.0 Å². The molecule has 1 aliphatic heterocycles. The minimum absolute atomic E-state index is 0. The molecule has 1 saturated heterocycles. The van der Waals surface area contributed by atoms with Gasteiger partial charge in [0.15, 0.2) is 0 Å². The predicted molar refractivity (Wildman–Crippen MR) is 54.7 cm³/mol. The molecule has 10 heavy (non-hydrogen) atoms. The van der Waals surface area contributed by atoms with Crippen molar-refractivity contribution in [3.8, 4) is 0 Å². The first-order valence-corrected chi connectivity index (χ1v) is 3.81. The first kappa shape index (κ1) is 10.7. The molecule has 0 amide bonds. The SMILES string of the molecule is CCC(N)C1CCNC1.I. The highest BCUT2D eigenvalue weighted by Crippen LogP contribution is 2.12. The van der Waals surface area contributed by atoms with Crippen molar-refractivity contribution in [2.75, 3.05) is 13.1 Å². The third-order valence-electron chi connectivity index (χ3n) is 2.18. The molecular weight excluding hydrogens is 239 g/mol. The van der Waals surface area contributed by atoms with E-state index in [1.165, 1.54) is 13.0 Å². The zero-order valence-corrected chi connectivity index (χ0v) is 8.80. The summed E-state index contributed by atoms with van der Waals surface area (Å²) in [6.07, 6.45) is 2.39. The summed E-state index contributed by atoms with van der Waals surface area (Å²) in [4.78, 5) is 0. The van der Waals surface area contributed by atoms with Gasteiger partial charge in [0.05, 0.1) is 0 Å². The van der Waals surface area contributed by atoms with E-state index in [2.05, 4.69) is 12.2 Å². The van der Waals surface area contributed by atoms with E-state index in [0.717, 1.165) is 18.9 Å². The van der Waals surface area contributed by atoms with Crippen molar-refractivity contribution in [1.82, 2.24) is 5.32 Å². The summed E-state index contributed by atoms with van der Waals surface area (Å²) < 4.78 is 0. The zero-order valence-electron chi connectivity index (χ0n) is 6.47. The highest BCUT2D eigenvalue weighted by atomic mass is 127. The smallest absolute Gasteiger partial charge is 0.00771 e. The first-order valence-electron chi connectivity index (χ1n) is 3.81. The van der Waals surface area contributed by atoms with Crippen LogP contribution in [0.15, 0.2) is 0 Å². The molecule has 0 aromatic heterocycles. The van der Waals surface area contributed by atoms with Gasteiger partial charge in [0.25, 0.3) is 0 Å². The molecule has 2 unspecified atom stereocenters. The van der Waals surface area contributed by atoms with Crippen LogP contribution in [0.4, 0.5) is 0 Å². The van der Waals surface area contributed by atoms with Gasteiger partial charge in [-0.15, -0.1) is 24.0 Å². The van der Waals surface area contributed by atoms with Crippen LogP contribution in [0.3, 0.4) is 0 Å². The van der Waals surface area contributed by atoms with Gasteiger partial charge in [-0.25, -0.2) is 0 Å². The van der Waals surface area contributed by atoms with E-state index in [0.29, 0.717) is 6.04 Å². The Labute approximate surface area is 80.0 Å². The van der Waals surface area contributed by atoms with Gasteiger partial charge < -0.3 is 11.1 Å². The maximum absolute atomic E-state index is 5.84. The highest BCUT2D eigenvalue weighted by molar-refractivity contribution is 14.0. The second-order valence-corrected chi connectivity index (χ2v) is 2.82. The van der Waals surface area contributed by atoms with Crippen molar-refractivity contribution in [2.45, 2.75) is 25.8 Å². The monoisotopic (exact) mass is 256 g/mol. The summed E-state index contributed by atoms with van der Waals surface area (Å²) in [5.74, 6) is 0.745. The molecule has 0 bridgehead atoms. The quantitative estimate of drug-likeness (QED) is 0.722. The number of halogens is 1. The molecule has 2 atom stereocenters. The van der Waals surface area contributed by atoms with Gasteiger partial charge in [-0.3, -0.25) is 0 Å². The van der Waals surface area contributed by atoms with Crippen molar-refractivity contribution in [3.63, 3.8) is 0 Å². The molecule has 1 heterocycles. The summed E-state index contributed by atoms with van der Waals surface area (Å²) in [5.41, 5.74) is 5.84. The number of rotatable bonds is 2. The van der Waals surface area contributed by atoms with Crippen LogP contribution in [-0.2, 0) is 0 Å². The second-order valence-electron chi connectivity index (χ2n) is 2.82. The van der Waals surface area contributed by atoms with Gasteiger partial charge in [0, 0.05) is 6.04 Å². The average molecular weight is 256 g/mol. The van der Waals surface area contributed by atoms with E-state index < -0.39 is 0 Å². The third kappa shape index (κ3) is 2.72. The van der Waals surface area contributed by atoms with Crippen molar-refractivity contribution in [3.05, 3.63) is 0 Å². The summed E-state index contributed by atoms with van der Waals surface area (Å²) in [5, 5.41) is 3.31. The van der Waals surface area contributed by atoms with Gasteiger partial charge in [0.2, 0.25) is 0 Å². The zero-order chi connectivity index (χ0) is 6.69. The van der Waals surface area contributed by atoms with Crippen LogP contribution in [0.1, 0.15) is 19.8 Å². The van der Waals surface area contributed by atoms with Gasteiger partial charge in [-0.2, -0.15) is 0 Å². The standard InChI is InChI=1S/C7H16N2.HI/c1-2-7(8)6-3-4-9-5-6;/h6-7,9H,2-5,8H2,1H3;1H. The largest absolute Gasteiger partial charge is 0.327 e. The maximum atomic E-state index is 5.84. The molecule has 0 aliphatic carbocycles. The molecule has 2 nitrogen and oxygen atoms in total. The summed E-state index contributed by atoms with van der Waals surface area (Å²) in [6.45, 7) is 4.45. The Hall–Kier alpha value is 0.650. The van der Waals surface area contributed by atoms with E-state index in [-0.39, 0.29) is 24.0 Å². The van der Waals surface area contributed by atoms with Gasteiger partial charge >= 0.3 is 0 Å². The minimum atomic E-state index is 0. The molecule has 3 N–H and O–H groups in total. The van der Waals surface area contributed by atoms with E-state index in [4.69, 9.17) is 5.73 Å². The van der Waals surface area contributed by atoms with Crippen molar-refractivity contribution in [1.29, 1.82) is 0 Å². The molecule has 0 spiro atoms. The van der Waals surface area contributed by atoms with Crippen molar-refractivity contribution >= 4 is 24.0 Å². The van der Waals surface area contributed by atoms with Gasteiger partial charge in [0.1, 0.15) is 0 Å². The van der Waals surface area contributed by atoms with Gasteiger partial charge in [-0.1, -0.05) is 6.92 Å². The molecule has 62 valence electrons. The fourth-order valence-electron chi connectivity index (χ4n) is 1.38. The number of hydrogen-bond acceptors (Lipinski definition) is 2. The Morgan fingerprint density at radius 3 is 2.80 bits per heavy atom. The molecule has 0 radical (unpaired) electrons. The van der Waals surface area contributed by atoms with Crippen LogP contribution in [0, 0.1) is 5.92 Å². The summed E-state index contributed by atoms with van der Waals surface area (Å²) in [7, 11) is 0. The Bertz CT molecular complexity index is 81.7. The number of nitrogens with one attached hydrogen (secondary N) is 1. The molecule has 1 aliphatic rings. The molecule has 1 rings (SSSR count). The Kier molecular flexibility index (Phi) is 5.67. The second kappa shape index (κ2) is 5.32. The van der Waals surface area contributed by atoms with Crippen molar-refractivity contribution < 1.29 is 0 Å². The molecular formula is C7H17IN2. The lowest BCUT2D eigenvalue weighted by atomic mass is 9.98. The van der Waals surface area contributed by atoms with E-state index in [9.17, 15) is 0 Å². The van der Waals surface area contributed by atoms with Crippen LogP contribution in [0.25, 0.3) is 0 Å². The number of nitrogens with two attached hydrogens (primary N) is 1. The van der Waals surface area contributed by atoms with E-state index in [1.807, 2.05) is 0 Å². The van der Waals surface area contributed by atoms with Crippen molar-refractivity contribution in [2.24, 2.45) is 11.7 Å². The van der Waals surface area contributed by atoms with E-state index >= 15 is 0 Å². The van der Waals surface area contributed by atoms with Crippen LogP contribution in [0.2, 0.25) is 0 Å². The lowest BCUT2D eigenvalue weighted by Crippen LogP contribution is -2.30. The van der Waals surface area contributed by atoms with Gasteiger partial charge in [-0.05, 0) is 31.8 Å². The van der Waals surface area contributed by atoms with Crippen LogP contribution < -0.4 is 11.1 Å². The van der Waals surface area contributed by atoms with E-state index in [1.54, 1.807) is 0 Å². The Morgan fingerprint density at radius 1 is 1.70 bits per heavy atom. The normalized spacial score (nSPS) is 27.6. The summed E-state index contributed by atoms with van der Waals surface area (Å²) >= 11 is 0. The Balaban J connectivity index is 0.000000810. The molecule has 3 heteroatoms. The lowest BCUT2D eigenvalue weighted by Gasteiger charge is -2.14. The first-order chi connectivity index (χ1) is 4.34. The molecule has 0 aromatic rings. The molecule has 1 fully saturated rings. The number of hydrogen-bond donors (Lipinski definition) is 2. The fourth-order valence-corrected chi connectivity index (χ4v) is 1.38. The molecule has 0 saturated carbocycles. The average Bonchev–Trinajstić information content (AvgIpc) is 2.37. The highest BCUT2D eigenvalue weighted by Gasteiger charge is 2.19. The lowest BCUT2D eigenvalue weighted by molar-refractivity contribution is 0.444. The topological polar surface area (TPSA) is 38.0 Å². The minimum Gasteiger partial charge on any atom is -0.327 e. The van der Waals surface area contributed by atoms with Crippen LogP contribution in [0.5, 0.6) is 0 Å². The Morgan fingerprint density at radius 2 is 2.40 bits per heavy atom. The third-order valence-corrected chi connectivity index (χ3v) is 2.18. The van der Waals surface area contributed by atoms with Crippen LogP contribution in [-0.4, -0.2) is 19.1 Å². The maximum Gasteiger partial charge on any atom is 0.00771 e. The fraction of sp³-hybridized carbons (Fsp3) is 1.00.